The highest BCUT2D eigenvalue weighted by atomic mass is 16.5. The second-order valence-electron chi connectivity index (χ2n) is 5.71. The summed E-state index contributed by atoms with van der Waals surface area (Å²) in [6, 6.07) is 14.5. The predicted molar refractivity (Wildman–Crippen MR) is 97.9 cm³/mol. The summed E-state index contributed by atoms with van der Waals surface area (Å²) in [5.74, 6) is -0.620. The highest BCUT2D eigenvalue weighted by Gasteiger charge is 2.13. The normalized spacial score (nSPS) is 10.7. The lowest BCUT2D eigenvalue weighted by Gasteiger charge is -2.06. The Labute approximate surface area is 146 Å². The largest absolute Gasteiger partial charge is 0.497 e. The minimum Gasteiger partial charge on any atom is -0.497 e. The molecule has 0 unspecified atom stereocenters. The molecule has 0 aliphatic rings. The molecular weight excluding hydrogens is 318 g/mol. The molecule has 0 saturated carbocycles. The number of rotatable bonds is 5. The second-order valence-corrected chi connectivity index (χ2v) is 5.71. The van der Waals surface area contributed by atoms with Gasteiger partial charge < -0.3 is 10.1 Å². The molecule has 2 aromatic rings. The number of nitrogens with one attached hydrogen (secondary N) is 2. The van der Waals surface area contributed by atoms with E-state index in [1.54, 1.807) is 24.3 Å². The van der Waals surface area contributed by atoms with Gasteiger partial charge in [-0.3, -0.25) is 9.59 Å². The number of carbonyl (C=O) groups excluding carboxylic acids is 2. The molecule has 0 saturated heterocycles. The van der Waals surface area contributed by atoms with E-state index in [1.165, 1.54) is 18.9 Å². The van der Waals surface area contributed by atoms with E-state index in [4.69, 9.17) is 4.74 Å². The third-order valence-corrected chi connectivity index (χ3v) is 3.52. The Bertz CT molecular complexity index is 768. The van der Waals surface area contributed by atoms with Crippen LogP contribution in [0.2, 0.25) is 0 Å². The minimum absolute atomic E-state index is 0.450. The monoisotopic (exact) mass is 339 g/mol. The van der Waals surface area contributed by atoms with E-state index in [0.29, 0.717) is 17.4 Å². The molecule has 0 aliphatic carbocycles. The smallest absolute Gasteiger partial charge is 0.329 e. The first-order chi connectivity index (χ1) is 12.0. The maximum absolute atomic E-state index is 11.8. The van der Waals surface area contributed by atoms with E-state index in [0.717, 1.165) is 5.56 Å². The van der Waals surface area contributed by atoms with Crippen LogP contribution in [0.25, 0.3) is 0 Å². The quantitative estimate of drug-likeness (QED) is 0.499. The maximum atomic E-state index is 11.8. The Hall–Kier alpha value is -3.15. The molecular formula is C19H21N3O3. The fourth-order valence-corrected chi connectivity index (χ4v) is 2.07. The highest BCUT2D eigenvalue weighted by molar-refractivity contribution is 6.39. The van der Waals surface area contributed by atoms with E-state index in [-0.39, 0.29) is 0 Å². The summed E-state index contributed by atoms with van der Waals surface area (Å²) >= 11 is 0. The third kappa shape index (κ3) is 5.46. The van der Waals surface area contributed by atoms with Gasteiger partial charge in [0.1, 0.15) is 5.75 Å². The molecule has 0 aliphatic heterocycles. The van der Waals surface area contributed by atoms with Crippen LogP contribution in [0.1, 0.15) is 30.9 Å². The molecule has 0 spiro atoms. The van der Waals surface area contributed by atoms with Crippen molar-refractivity contribution in [3.63, 3.8) is 0 Å². The molecule has 0 radical (unpaired) electrons. The van der Waals surface area contributed by atoms with Gasteiger partial charge in [-0.2, -0.15) is 5.10 Å². The first-order valence-electron chi connectivity index (χ1n) is 7.88. The van der Waals surface area contributed by atoms with Gasteiger partial charge >= 0.3 is 11.8 Å². The molecule has 25 heavy (non-hydrogen) atoms. The lowest BCUT2D eigenvalue weighted by Crippen LogP contribution is -2.32. The summed E-state index contributed by atoms with van der Waals surface area (Å²) in [5.41, 5.74) is 4.72. The van der Waals surface area contributed by atoms with Crippen molar-refractivity contribution in [1.82, 2.24) is 5.43 Å². The average Bonchev–Trinajstić information content (AvgIpc) is 2.62. The number of amides is 2. The van der Waals surface area contributed by atoms with E-state index >= 15 is 0 Å². The van der Waals surface area contributed by atoms with Gasteiger partial charge in [0.05, 0.1) is 13.3 Å². The summed E-state index contributed by atoms with van der Waals surface area (Å²) in [6.45, 7) is 4.23. The SMILES string of the molecule is COc1cccc(NC(=O)C(=O)NN=Cc2ccc(C(C)C)cc2)c1. The molecule has 0 aromatic heterocycles. The summed E-state index contributed by atoms with van der Waals surface area (Å²) in [7, 11) is 1.52. The number of anilines is 1. The molecule has 2 aromatic carbocycles. The van der Waals surface area contributed by atoms with Crippen LogP contribution in [0.5, 0.6) is 5.75 Å². The molecule has 0 atom stereocenters. The van der Waals surface area contributed by atoms with Gasteiger partial charge in [0.15, 0.2) is 0 Å². The first kappa shape index (κ1) is 18.2. The Kier molecular flexibility index (Phi) is 6.28. The maximum Gasteiger partial charge on any atom is 0.329 e. The number of hydrazone groups is 1. The van der Waals surface area contributed by atoms with Crippen LogP contribution in [-0.4, -0.2) is 25.1 Å². The zero-order valence-corrected chi connectivity index (χ0v) is 14.4. The number of methoxy groups -OCH3 is 1. The lowest BCUT2D eigenvalue weighted by molar-refractivity contribution is -0.136. The van der Waals surface area contributed by atoms with Crippen molar-refractivity contribution < 1.29 is 14.3 Å². The molecule has 2 amide bonds. The molecule has 2 rings (SSSR count). The van der Waals surface area contributed by atoms with Gasteiger partial charge in [0, 0.05) is 11.8 Å². The van der Waals surface area contributed by atoms with Crippen LogP contribution < -0.4 is 15.5 Å². The van der Waals surface area contributed by atoms with E-state index < -0.39 is 11.8 Å². The van der Waals surface area contributed by atoms with Crippen molar-refractivity contribution in [2.45, 2.75) is 19.8 Å². The van der Waals surface area contributed by atoms with Crippen molar-refractivity contribution in [3.8, 4) is 5.75 Å². The zero-order valence-electron chi connectivity index (χ0n) is 14.4. The second kappa shape index (κ2) is 8.63. The summed E-state index contributed by atoms with van der Waals surface area (Å²) in [4.78, 5) is 23.6. The molecule has 0 bridgehead atoms. The molecule has 0 fully saturated rings. The van der Waals surface area contributed by atoms with E-state index in [1.807, 2.05) is 24.3 Å². The van der Waals surface area contributed by atoms with E-state index in [2.05, 4.69) is 29.7 Å². The number of hydrogen-bond donors (Lipinski definition) is 2. The number of benzene rings is 2. The third-order valence-electron chi connectivity index (χ3n) is 3.52. The summed E-state index contributed by atoms with van der Waals surface area (Å²) in [5, 5.41) is 6.28. The fourth-order valence-electron chi connectivity index (χ4n) is 2.07. The van der Waals surface area contributed by atoms with E-state index in [9.17, 15) is 9.59 Å². The van der Waals surface area contributed by atoms with Gasteiger partial charge in [0.25, 0.3) is 0 Å². The van der Waals surface area contributed by atoms with Crippen molar-refractivity contribution in [1.29, 1.82) is 0 Å². The van der Waals surface area contributed by atoms with Gasteiger partial charge in [-0.1, -0.05) is 44.2 Å². The minimum atomic E-state index is -0.849. The van der Waals surface area contributed by atoms with Gasteiger partial charge in [-0.15, -0.1) is 0 Å². The van der Waals surface area contributed by atoms with Gasteiger partial charge in [0.2, 0.25) is 0 Å². The Morgan fingerprint density at radius 2 is 1.80 bits per heavy atom. The lowest BCUT2D eigenvalue weighted by atomic mass is 10.0. The summed E-state index contributed by atoms with van der Waals surface area (Å²) in [6.07, 6.45) is 1.49. The van der Waals surface area contributed by atoms with Gasteiger partial charge in [-0.05, 0) is 29.2 Å². The standard InChI is InChI=1S/C19H21N3O3/c1-13(2)15-9-7-14(8-10-15)12-20-22-19(24)18(23)21-16-5-4-6-17(11-16)25-3/h4-13H,1-3H3,(H,21,23)(H,22,24). The first-order valence-corrected chi connectivity index (χ1v) is 7.88. The van der Waals surface area contributed by atoms with Crippen LogP contribution in [0, 0.1) is 0 Å². The highest BCUT2D eigenvalue weighted by Crippen LogP contribution is 2.16. The predicted octanol–water partition coefficient (Wildman–Crippen LogP) is 2.91. The van der Waals surface area contributed by atoms with Crippen molar-refractivity contribution in [2.75, 3.05) is 12.4 Å². The molecule has 2 N–H and O–H groups in total. The number of hydrogen-bond acceptors (Lipinski definition) is 4. The molecule has 130 valence electrons. The topological polar surface area (TPSA) is 79.8 Å². The zero-order chi connectivity index (χ0) is 18.2. The van der Waals surface area contributed by atoms with Crippen LogP contribution in [0.3, 0.4) is 0 Å². The average molecular weight is 339 g/mol. The number of ether oxygens (including phenoxy) is 1. The Balaban J connectivity index is 1.89. The van der Waals surface area contributed by atoms with Crippen LogP contribution >= 0.6 is 0 Å². The van der Waals surface area contributed by atoms with Crippen molar-refractivity contribution in [3.05, 3.63) is 59.7 Å². The Morgan fingerprint density at radius 3 is 2.44 bits per heavy atom. The number of nitrogens with zero attached hydrogens (tertiary/aromatic N) is 1. The van der Waals surface area contributed by atoms with Crippen molar-refractivity contribution >= 4 is 23.7 Å². The molecule has 0 heterocycles. The van der Waals surface area contributed by atoms with Crippen molar-refractivity contribution in [2.24, 2.45) is 5.10 Å². The fraction of sp³-hybridized carbons (Fsp3) is 0.211. The number of carbonyl (C=O) groups is 2. The Morgan fingerprint density at radius 1 is 1.08 bits per heavy atom. The van der Waals surface area contributed by atoms with Gasteiger partial charge in [-0.25, -0.2) is 5.43 Å². The molecule has 6 nitrogen and oxygen atoms in total. The summed E-state index contributed by atoms with van der Waals surface area (Å²) < 4.78 is 5.06. The van der Waals surface area contributed by atoms with Crippen LogP contribution in [0.4, 0.5) is 5.69 Å². The van der Waals surface area contributed by atoms with Crippen LogP contribution in [0.15, 0.2) is 53.6 Å². The van der Waals surface area contributed by atoms with Crippen LogP contribution in [-0.2, 0) is 9.59 Å². The molecule has 6 heteroatoms.